The predicted molar refractivity (Wildman–Crippen MR) is 93.2 cm³/mol. The standard InChI is InChI=1S/C17H23N3O6/c1-12(19-7-5-17(6-8-19)25-9-10-26-17)16(21)18-14-4-3-13(24-2)11-15(14)20(22)23/h3-4,11-12H,5-10H2,1-2H3,(H,18,21). The fourth-order valence-corrected chi connectivity index (χ4v) is 3.34. The number of carbonyl (C=O) groups is 1. The molecule has 2 aliphatic heterocycles. The van der Waals surface area contributed by atoms with Crippen LogP contribution in [0.1, 0.15) is 19.8 Å². The van der Waals surface area contributed by atoms with Crippen molar-refractivity contribution >= 4 is 17.3 Å². The van der Waals surface area contributed by atoms with Gasteiger partial charge >= 0.3 is 0 Å². The number of likely N-dealkylation sites (tertiary alicyclic amines) is 1. The number of hydrogen-bond donors (Lipinski definition) is 1. The van der Waals surface area contributed by atoms with E-state index >= 15 is 0 Å². The molecule has 1 unspecified atom stereocenters. The van der Waals surface area contributed by atoms with Crippen molar-refractivity contribution in [3.8, 4) is 5.75 Å². The van der Waals surface area contributed by atoms with E-state index in [9.17, 15) is 14.9 Å². The molecule has 1 atom stereocenters. The number of nitro groups is 1. The number of anilines is 1. The number of amides is 1. The fraction of sp³-hybridized carbons (Fsp3) is 0.588. The van der Waals surface area contributed by atoms with Crippen LogP contribution >= 0.6 is 0 Å². The van der Waals surface area contributed by atoms with Gasteiger partial charge in [0.25, 0.3) is 5.69 Å². The van der Waals surface area contributed by atoms with Gasteiger partial charge in [-0.05, 0) is 19.1 Å². The highest BCUT2D eigenvalue weighted by Gasteiger charge is 2.41. The number of hydrogen-bond acceptors (Lipinski definition) is 7. The molecule has 2 aliphatic rings. The highest BCUT2D eigenvalue weighted by atomic mass is 16.7. The normalized spacial score (nSPS) is 20.7. The molecule has 1 amide bonds. The lowest BCUT2D eigenvalue weighted by molar-refractivity contribution is -0.384. The molecule has 26 heavy (non-hydrogen) atoms. The molecule has 2 saturated heterocycles. The second kappa shape index (κ2) is 7.56. The zero-order valence-corrected chi connectivity index (χ0v) is 14.9. The summed E-state index contributed by atoms with van der Waals surface area (Å²) in [7, 11) is 1.43. The maximum atomic E-state index is 12.6. The molecule has 142 valence electrons. The second-order valence-corrected chi connectivity index (χ2v) is 6.45. The van der Waals surface area contributed by atoms with Crippen LogP contribution in [0.25, 0.3) is 0 Å². The minimum Gasteiger partial charge on any atom is -0.496 e. The summed E-state index contributed by atoms with van der Waals surface area (Å²) in [5.74, 6) is -0.426. The second-order valence-electron chi connectivity index (χ2n) is 6.45. The van der Waals surface area contributed by atoms with Crippen LogP contribution in [0.4, 0.5) is 11.4 Å². The molecule has 1 N–H and O–H groups in total. The summed E-state index contributed by atoms with van der Waals surface area (Å²) >= 11 is 0. The van der Waals surface area contributed by atoms with E-state index in [1.54, 1.807) is 13.0 Å². The SMILES string of the molecule is COc1ccc(NC(=O)C(C)N2CCC3(CC2)OCCO3)c([N+](=O)[O-])c1. The average molecular weight is 365 g/mol. The van der Waals surface area contributed by atoms with Gasteiger partial charge in [0, 0.05) is 25.9 Å². The molecule has 1 aromatic carbocycles. The van der Waals surface area contributed by atoms with Crippen molar-refractivity contribution in [1.29, 1.82) is 0 Å². The summed E-state index contributed by atoms with van der Waals surface area (Å²) in [4.78, 5) is 25.3. The van der Waals surface area contributed by atoms with Crippen molar-refractivity contribution in [2.75, 3.05) is 38.7 Å². The van der Waals surface area contributed by atoms with Gasteiger partial charge in [-0.3, -0.25) is 19.8 Å². The van der Waals surface area contributed by atoms with Gasteiger partial charge < -0.3 is 19.5 Å². The number of piperidine rings is 1. The van der Waals surface area contributed by atoms with Gasteiger partial charge in [-0.15, -0.1) is 0 Å². The number of nitrogens with zero attached hydrogens (tertiary/aromatic N) is 2. The first-order chi connectivity index (χ1) is 12.4. The third-order valence-corrected chi connectivity index (χ3v) is 4.96. The van der Waals surface area contributed by atoms with Crippen LogP contribution in [0.2, 0.25) is 0 Å². The summed E-state index contributed by atoms with van der Waals surface area (Å²) < 4.78 is 16.4. The van der Waals surface area contributed by atoms with Crippen LogP contribution in [-0.2, 0) is 14.3 Å². The summed E-state index contributed by atoms with van der Waals surface area (Å²) in [6.45, 7) is 4.34. The van der Waals surface area contributed by atoms with Gasteiger partial charge in [-0.1, -0.05) is 0 Å². The first kappa shape index (κ1) is 18.6. The van der Waals surface area contributed by atoms with E-state index in [4.69, 9.17) is 14.2 Å². The Hall–Kier alpha value is -2.23. The Morgan fingerprint density at radius 1 is 1.35 bits per heavy atom. The highest BCUT2D eigenvalue weighted by molar-refractivity contribution is 5.96. The van der Waals surface area contributed by atoms with Crippen LogP contribution in [0.3, 0.4) is 0 Å². The zero-order valence-electron chi connectivity index (χ0n) is 14.9. The quantitative estimate of drug-likeness (QED) is 0.626. The molecule has 0 saturated carbocycles. The molecule has 0 bridgehead atoms. The van der Waals surface area contributed by atoms with Crippen molar-refractivity contribution in [2.45, 2.75) is 31.6 Å². The lowest BCUT2D eigenvalue weighted by Crippen LogP contribution is -2.51. The monoisotopic (exact) mass is 365 g/mol. The number of benzene rings is 1. The molecular weight excluding hydrogens is 342 g/mol. The third-order valence-electron chi connectivity index (χ3n) is 4.96. The van der Waals surface area contributed by atoms with Crippen LogP contribution in [0.5, 0.6) is 5.75 Å². The van der Waals surface area contributed by atoms with Crippen molar-refractivity contribution in [3.05, 3.63) is 28.3 Å². The van der Waals surface area contributed by atoms with E-state index in [1.807, 2.05) is 4.90 Å². The molecule has 3 rings (SSSR count). The predicted octanol–water partition coefficient (Wildman–Crippen LogP) is 1.77. The smallest absolute Gasteiger partial charge is 0.296 e. The molecule has 2 fully saturated rings. The van der Waals surface area contributed by atoms with Gasteiger partial charge in [0.15, 0.2) is 5.79 Å². The largest absolute Gasteiger partial charge is 0.496 e. The summed E-state index contributed by atoms with van der Waals surface area (Å²) in [6, 6.07) is 3.93. The Balaban J connectivity index is 1.64. The van der Waals surface area contributed by atoms with Gasteiger partial charge in [-0.2, -0.15) is 0 Å². The molecule has 1 spiro atoms. The van der Waals surface area contributed by atoms with E-state index < -0.39 is 16.8 Å². The molecular formula is C17H23N3O6. The number of carbonyl (C=O) groups excluding carboxylic acids is 1. The van der Waals surface area contributed by atoms with Crippen LogP contribution in [-0.4, -0.2) is 61.0 Å². The molecule has 0 aromatic heterocycles. The Bertz CT molecular complexity index is 679. The summed E-state index contributed by atoms with van der Waals surface area (Å²) in [5.41, 5.74) is -0.0427. The molecule has 0 radical (unpaired) electrons. The molecule has 9 heteroatoms. The highest BCUT2D eigenvalue weighted by Crippen LogP contribution is 2.32. The lowest BCUT2D eigenvalue weighted by Gasteiger charge is -2.39. The molecule has 2 heterocycles. The van der Waals surface area contributed by atoms with Crippen molar-refractivity contribution in [1.82, 2.24) is 4.90 Å². The Kier molecular flexibility index (Phi) is 5.40. The maximum absolute atomic E-state index is 12.6. The van der Waals surface area contributed by atoms with Gasteiger partial charge in [0.1, 0.15) is 11.4 Å². The van der Waals surface area contributed by atoms with Crippen molar-refractivity contribution in [3.63, 3.8) is 0 Å². The number of methoxy groups -OCH3 is 1. The number of nitrogens with one attached hydrogen (secondary N) is 1. The lowest BCUT2D eigenvalue weighted by atomic mass is 10.0. The van der Waals surface area contributed by atoms with E-state index in [0.717, 1.165) is 0 Å². The summed E-state index contributed by atoms with van der Waals surface area (Å²) in [6.07, 6.45) is 1.40. The maximum Gasteiger partial charge on any atom is 0.296 e. The topological polar surface area (TPSA) is 103 Å². The van der Waals surface area contributed by atoms with Crippen LogP contribution in [0.15, 0.2) is 18.2 Å². The first-order valence-corrected chi connectivity index (χ1v) is 8.59. The van der Waals surface area contributed by atoms with Gasteiger partial charge in [0.05, 0.1) is 37.4 Å². The Morgan fingerprint density at radius 2 is 2.00 bits per heavy atom. The number of nitro benzene ring substituents is 1. The summed E-state index contributed by atoms with van der Waals surface area (Å²) in [5, 5.41) is 13.9. The Morgan fingerprint density at radius 3 is 2.58 bits per heavy atom. The first-order valence-electron chi connectivity index (χ1n) is 8.59. The van der Waals surface area contributed by atoms with E-state index in [-0.39, 0.29) is 17.3 Å². The molecule has 9 nitrogen and oxygen atoms in total. The van der Waals surface area contributed by atoms with E-state index in [2.05, 4.69) is 5.32 Å². The van der Waals surface area contributed by atoms with Crippen molar-refractivity contribution in [2.24, 2.45) is 0 Å². The average Bonchev–Trinajstić information content (AvgIpc) is 3.10. The number of ether oxygens (including phenoxy) is 3. The molecule has 1 aromatic rings. The van der Waals surface area contributed by atoms with E-state index in [0.29, 0.717) is 44.9 Å². The van der Waals surface area contributed by atoms with Gasteiger partial charge in [0.2, 0.25) is 5.91 Å². The van der Waals surface area contributed by atoms with E-state index in [1.165, 1.54) is 19.2 Å². The third kappa shape index (κ3) is 3.79. The minimum absolute atomic E-state index is 0.156. The molecule has 0 aliphatic carbocycles. The van der Waals surface area contributed by atoms with Crippen LogP contribution in [0, 0.1) is 10.1 Å². The van der Waals surface area contributed by atoms with Gasteiger partial charge in [-0.25, -0.2) is 0 Å². The fourth-order valence-electron chi connectivity index (χ4n) is 3.34. The minimum atomic E-state index is -0.539. The number of rotatable bonds is 5. The zero-order chi connectivity index (χ0) is 18.7. The van der Waals surface area contributed by atoms with Crippen LogP contribution < -0.4 is 10.1 Å². The Labute approximate surface area is 151 Å². The van der Waals surface area contributed by atoms with Crippen molar-refractivity contribution < 1.29 is 23.9 Å².